The van der Waals surface area contributed by atoms with Gasteiger partial charge in [0.2, 0.25) is 0 Å². The topological polar surface area (TPSA) is 6.48 Å². The highest BCUT2D eigenvalue weighted by molar-refractivity contribution is 6.04. The number of rotatable bonds is 4. The molecule has 0 aliphatic heterocycles. The second-order valence-electron chi connectivity index (χ2n) is 4.34. The SMILES string of the molecule is CC(C)N([SiH3])C(C)C.CCN([SiH3])CC. The summed E-state index contributed by atoms with van der Waals surface area (Å²) in [5.41, 5.74) is 0. The number of nitrogens with zero attached hydrogens (tertiary/aromatic N) is 2. The van der Waals surface area contributed by atoms with E-state index in [-0.39, 0.29) is 0 Å². The van der Waals surface area contributed by atoms with Crippen molar-refractivity contribution in [1.29, 1.82) is 0 Å². The first kappa shape index (κ1) is 16.8. The summed E-state index contributed by atoms with van der Waals surface area (Å²) in [6.07, 6.45) is 0. The molecular weight excluding hydrogens is 204 g/mol. The Morgan fingerprint density at radius 3 is 1.14 bits per heavy atom. The summed E-state index contributed by atoms with van der Waals surface area (Å²) >= 11 is 0. The van der Waals surface area contributed by atoms with Crippen LogP contribution in [0.4, 0.5) is 0 Å². The lowest BCUT2D eigenvalue weighted by molar-refractivity contribution is 0.320. The summed E-state index contributed by atoms with van der Waals surface area (Å²) in [6, 6.07) is 1.48. The van der Waals surface area contributed by atoms with Gasteiger partial charge in [-0.15, -0.1) is 0 Å². The molecule has 2 nitrogen and oxygen atoms in total. The Labute approximate surface area is 97.1 Å². The first-order chi connectivity index (χ1) is 6.36. The van der Waals surface area contributed by atoms with Gasteiger partial charge in [-0.25, -0.2) is 0 Å². The van der Waals surface area contributed by atoms with Crippen molar-refractivity contribution in [1.82, 2.24) is 9.13 Å². The molecule has 14 heavy (non-hydrogen) atoms. The Morgan fingerprint density at radius 2 is 1.14 bits per heavy atom. The first-order valence-corrected chi connectivity index (χ1v) is 7.56. The minimum absolute atomic E-state index is 0.738. The van der Waals surface area contributed by atoms with Gasteiger partial charge in [0.25, 0.3) is 0 Å². The lowest BCUT2D eigenvalue weighted by Gasteiger charge is -2.25. The van der Waals surface area contributed by atoms with Crippen molar-refractivity contribution in [3.63, 3.8) is 0 Å². The maximum Gasteiger partial charge on any atom is 0.0790 e. The average Bonchev–Trinajstić information content (AvgIpc) is 2.15. The van der Waals surface area contributed by atoms with E-state index in [0.717, 1.165) is 12.1 Å². The summed E-state index contributed by atoms with van der Waals surface area (Å²) in [6.45, 7) is 15.8. The summed E-state index contributed by atoms with van der Waals surface area (Å²) < 4.78 is 4.86. The van der Waals surface area contributed by atoms with Crippen molar-refractivity contribution in [2.45, 2.75) is 53.6 Å². The monoisotopic (exact) mass is 234 g/mol. The minimum atomic E-state index is 0.738. The van der Waals surface area contributed by atoms with Crippen molar-refractivity contribution < 1.29 is 0 Å². The molecule has 0 fully saturated rings. The van der Waals surface area contributed by atoms with Crippen LogP contribution in [0.3, 0.4) is 0 Å². The third kappa shape index (κ3) is 10.4. The molecule has 0 heterocycles. The zero-order valence-electron chi connectivity index (χ0n) is 11.5. The highest BCUT2D eigenvalue weighted by atomic mass is 28.2. The zero-order valence-corrected chi connectivity index (χ0v) is 15.5. The molecule has 0 saturated carbocycles. The van der Waals surface area contributed by atoms with Crippen LogP contribution in [-0.2, 0) is 0 Å². The van der Waals surface area contributed by atoms with E-state index in [0.29, 0.717) is 0 Å². The summed E-state index contributed by atoms with van der Waals surface area (Å²) in [4.78, 5) is 0. The molecule has 0 aromatic heterocycles. The highest BCUT2D eigenvalue weighted by Gasteiger charge is 2.04. The molecule has 0 spiro atoms. The number of hydrogen-bond acceptors (Lipinski definition) is 2. The fourth-order valence-electron chi connectivity index (χ4n) is 0.820. The largest absolute Gasteiger partial charge is 0.333 e. The molecule has 4 heteroatoms. The Bertz CT molecular complexity index is 107. The second-order valence-corrected chi connectivity index (χ2v) is 6.64. The predicted octanol–water partition coefficient (Wildman–Crippen LogP) is -0.00580. The molecule has 0 amide bonds. The molecule has 0 aliphatic carbocycles. The van der Waals surface area contributed by atoms with Crippen molar-refractivity contribution in [3.8, 4) is 0 Å². The van der Waals surface area contributed by atoms with Gasteiger partial charge in [0, 0.05) is 0 Å². The van der Waals surface area contributed by atoms with Crippen LogP contribution in [-0.4, -0.2) is 55.1 Å². The van der Waals surface area contributed by atoms with Crippen LogP contribution in [0.2, 0.25) is 0 Å². The van der Waals surface area contributed by atoms with E-state index in [1.165, 1.54) is 33.9 Å². The fourth-order valence-corrected chi connectivity index (χ4v) is 0.820. The lowest BCUT2D eigenvalue weighted by Crippen LogP contribution is -2.34. The van der Waals surface area contributed by atoms with Gasteiger partial charge in [-0.2, -0.15) is 0 Å². The molecular formula is C10H30N2Si2. The Balaban J connectivity index is 0. The van der Waals surface area contributed by atoms with Gasteiger partial charge >= 0.3 is 0 Å². The summed E-state index contributed by atoms with van der Waals surface area (Å²) in [5.74, 6) is 0. The van der Waals surface area contributed by atoms with E-state index in [2.05, 4.69) is 50.7 Å². The van der Waals surface area contributed by atoms with Gasteiger partial charge in [-0.05, 0) is 25.2 Å². The van der Waals surface area contributed by atoms with Crippen molar-refractivity contribution >= 4 is 20.8 Å². The molecule has 0 bridgehead atoms. The van der Waals surface area contributed by atoms with Gasteiger partial charge in [0.15, 0.2) is 0 Å². The van der Waals surface area contributed by atoms with E-state index in [9.17, 15) is 0 Å². The molecule has 0 rings (SSSR count). The van der Waals surface area contributed by atoms with Crippen LogP contribution in [0.25, 0.3) is 0 Å². The normalized spacial score (nSPS) is 11.6. The maximum absolute atomic E-state index is 2.47. The molecule has 0 N–H and O–H groups in total. The van der Waals surface area contributed by atoms with Crippen molar-refractivity contribution in [3.05, 3.63) is 0 Å². The quantitative estimate of drug-likeness (QED) is 0.632. The maximum atomic E-state index is 2.47. The molecule has 0 atom stereocenters. The Kier molecular flexibility index (Phi) is 11.8. The molecule has 88 valence electrons. The fraction of sp³-hybridized carbons (Fsp3) is 1.00. The number of hydrogen-bond donors (Lipinski definition) is 0. The molecule has 0 unspecified atom stereocenters. The lowest BCUT2D eigenvalue weighted by atomic mass is 10.3. The second kappa shape index (κ2) is 9.89. The van der Waals surface area contributed by atoms with Gasteiger partial charge < -0.3 is 9.13 Å². The van der Waals surface area contributed by atoms with E-state index in [4.69, 9.17) is 0 Å². The average molecular weight is 235 g/mol. The van der Waals surface area contributed by atoms with Crippen molar-refractivity contribution in [2.75, 3.05) is 13.1 Å². The Hall–Kier alpha value is 0.354. The summed E-state index contributed by atoms with van der Waals surface area (Å²) in [7, 11) is 2.42. The molecule has 0 saturated heterocycles. The van der Waals surface area contributed by atoms with Crippen molar-refractivity contribution in [2.24, 2.45) is 0 Å². The predicted molar refractivity (Wildman–Crippen MR) is 74.9 cm³/mol. The standard InChI is InChI=1S/C6H17NSi.C4H13NSi/c1-5(2)7(8)6(3)4;1-3-5(6)4-2/h5-6H,1-4,8H3;3-4H2,1-2,6H3. The van der Waals surface area contributed by atoms with Gasteiger partial charge in [0.1, 0.15) is 0 Å². The van der Waals surface area contributed by atoms with E-state index < -0.39 is 0 Å². The smallest absolute Gasteiger partial charge is 0.0790 e. The van der Waals surface area contributed by atoms with Gasteiger partial charge in [0.05, 0.1) is 20.8 Å². The van der Waals surface area contributed by atoms with Crippen LogP contribution < -0.4 is 0 Å². The Morgan fingerprint density at radius 1 is 0.857 bits per heavy atom. The van der Waals surface area contributed by atoms with E-state index in [1.54, 1.807) is 0 Å². The van der Waals surface area contributed by atoms with E-state index in [1.807, 2.05) is 0 Å². The highest BCUT2D eigenvalue weighted by Crippen LogP contribution is 1.97. The van der Waals surface area contributed by atoms with Gasteiger partial charge in [-0.3, -0.25) is 0 Å². The van der Waals surface area contributed by atoms with Crippen LogP contribution in [0, 0.1) is 0 Å². The first-order valence-electron chi connectivity index (χ1n) is 5.77. The van der Waals surface area contributed by atoms with Crippen LogP contribution >= 0.6 is 0 Å². The molecule has 0 aromatic carbocycles. The third-order valence-corrected chi connectivity index (χ3v) is 6.04. The molecule has 0 radical (unpaired) electrons. The van der Waals surface area contributed by atoms with E-state index >= 15 is 0 Å². The minimum Gasteiger partial charge on any atom is -0.333 e. The van der Waals surface area contributed by atoms with Crippen LogP contribution in [0.5, 0.6) is 0 Å². The van der Waals surface area contributed by atoms with Crippen LogP contribution in [0.1, 0.15) is 41.5 Å². The van der Waals surface area contributed by atoms with Gasteiger partial charge in [-0.1, -0.05) is 41.5 Å². The molecule has 0 aromatic rings. The zero-order chi connectivity index (χ0) is 11.7. The summed E-state index contributed by atoms with van der Waals surface area (Å²) in [5, 5.41) is 0. The molecule has 0 aliphatic rings. The van der Waals surface area contributed by atoms with Crippen LogP contribution in [0.15, 0.2) is 0 Å². The third-order valence-electron chi connectivity index (χ3n) is 2.71.